The van der Waals surface area contributed by atoms with E-state index < -0.39 is 0 Å². The number of pyridine rings is 1. The third-order valence-electron chi connectivity index (χ3n) is 2.92. The molecule has 78 valence electrons. The number of hydrogen-bond donors (Lipinski definition) is 1. The highest BCUT2D eigenvalue weighted by Crippen LogP contribution is 2.42. The van der Waals surface area contributed by atoms with Crippen LogP contribution in [0.3, 0.4) is 0 Å². The van der Waals surface area contributed by atoms with Gasteiger partial charge in [-0.1, -0.05) is 0 Å². The molecule has 1 saturated carbocycles. The molecule has 1 aliphatic carbocycles. The van der Waals surface area contributed by atoms with Gasteiger partial charge in [-0.3, -0.25) is 4.40 Å². The molecule has 15 heavy (non-hydrogen) atoms. The second kappa shape index (κ2) is 3.45. The third-order valence-corrected chi connectivity index (χ3v) is 3.83. The number of nitrogens with zero attached hydrogens (tertiary/aromatic N) is 2. The number of rotatable bonds is 2. The molecule has 3 rings (SSSR count). The van der Waals surface area contributed by atoms with E-state index in [1.54, 1.807) is 6.33 Å². The maximum atomic E-state index is 10.2. The SMILES string of the molecule is OC(c1c(I)ccc2cncn12)C1CC1. The lowest BCUT2D eigenvalue weighted by Gasteiger charge is -2.14. The standard InChI is InChI=1S/C11H11IN2O/c12-9-4-3-8-5-13-6-14(8)10(9)11(15)7-1-2-7/h3-7,11,15H,1-2H2. The molecule has 4 heteroatoms. The molecule has 0 radical (unpaired) electrons. The van der Waals surface area contributed by atoms with Crippen molar-refractivity contribution in [3.05, 3.63) is 33.9 Å². The summed E-state index contributed by atoms with van der Waals surface area (Å²) < 4.78 is 3.10. The van der Waals surface area contributed by atoms with Crippen molar-refractivity contribution in [2.45, 2.75) is 18.9 Å². The molecule has 1 aliphatic rings. The van der Waals surface area contributed by atoms with Gasteiger partial charge < -0.3 is 5.11 Å². The minimum atomic E-state index is -0.338. The Balaban J connectivity index is 2.20. The summed E-state index contributed by atoms with van der Waals surface area (Å²) in [6.07, 6.45) is 5.54. The molecule has 0 bridgehead atoms. The molecule has 0 amide bonds. The van der Waals surface area contributed by atoms with Crippen molar-refractivity contribution in [1.82, 2.24) is 9.38 Å². The van der Waals surface area contributed by atoms with Crippen LogP contribution in [0, 0.1) is 9.49 Å². The van der Waals surface area contributed by atoms with Crippen LogP contribution in [0.1, 0.15) is 24.6 Å². The van der Waals surface area contributed by atoms with E-state index in [9.17, 15) is 5.11 Å². The Bertz CT molecular complexity index is 504. The summed E-state index contributed by atoms with van der Waals surface area (Å²) in [7, 11) is 0. The first-order valence-electron chi connectivity index (χ1n) is 5.06. The predicted octanol–water partition coefficient (Wildman–Crippen LogP) is 2.38. The molecule has 2 aromatic heterocycles. The minimum Gasteiger partial charge on any atom is -0.387 e. The number of aliphatic hydroxyl groups is 1. The molecule has 1 atom stereocenters. The Labute approximate surface area is 101 Å². The van der Waals surface area contributed by atoms with E-state index in [4.69, 9.17) is 0 Å². The molecular formula is C11H11IN2O. The molecule has 1 unspecified atom stereocenters. The van der Waals surface area contributed by atoms with Gasteiger partial charge in [-0.05, 0) is 53.5 Å². The van der Waals surface area contributed by atoms with Crippen LogP contribution < -0.4 is 0 Å². The zero-order chi connectivity index (χ0) is 10.4. The van der Waals surface area contributed by atoms with Gasteiger partial charge in [0.2, 0.25) is 0 Å². The van der Waals surface area contributed by atoms with Crippen LogP contribution in [-0.4, -0.2) is 14.5 Å². The number of aliphatic hydroxyl groups excluding tert-OH is 1. The lowest BCUT2D eigenvalue weighted by molar-refractivity contribution is 0.147. The van der Waals surface area contributed by atoms with Crippen molar-refractivity contribution >= 4 is 28.1 Å². The van der Waals surface area contributed by atoms with Crippen molar-refractivity contribution in [2.75, 3.05) is 0 Å². The summed E-state index contributed by atoms with van der Waals surface area (Å²) in [5.41, 5.74) is 2.04. The number of hydrogen-bond acceptors (Lipinski definition) is 2. The summed E-state index contributed by atoms with van der Waals surface area (Å²) in [6.45, 7) is 0. The monoisotopic (exact) mass is 314 g/mol. The Kier molecular flexibility index (Phi) is 2.21. The largest absolute Gasteiger partial charge is 0.387 e. The maximum absolute atomic E-state index is 10.2. The number of aromatic nitrogens is 2. The van der Waals surface area contributed by atoms with Gasteiger partial charge in [-0.25, -0.2) is 4.98 Å². The van der Waals surface area contributed by atoms with Gasteiger partial charge in [0.15, 0.2) is 0 Å². The third kappa shape index (κ3) is 1.56. The lowest BCUT2D eigenvalue weighted by Crippen LogP contribution is -2.08. The molecule has 1 fully saturated rings. The van der Waals surface area contributed by atoms with E-state index in [1.165, 1.54) is 0 Å². The Hall–Kier alpha value is -0.620. The zero-order valence-electron chi connectivity index (χ0n) is 8.10. The van der Waals surface area contributed by atoms with Crippen LogP contribution in [0.5, 0.6) is 0 Å². The molecule has 1 N–H and O–H groups in total. The Morgan fingerprint density at radius 2 is 2.27 bits per heavy atom. The second-order valence-corrected chi connectivity index (χ2v) is 5.20. The summed E-state index contributed by atoms with van der Waals surface area (Å²) in [6, 6.07) is 4.07. The predicted molar refractivity (Wildman–Crippen MR) is 65.6 cm³/mol. The first kappa shape index (κ1) is 9.59. The van der Waals surface area contributed by atoms with Crippen LogP contribution in [-0.2, 0) is 0 Å². The lowest BCUT2D eigenvalue weighted by atomic mass is 10.1. The normalized spacial score (nSPS) is 18.3. The van der Waals surface area contributed by atoms with E-state index in [0.29, 0.717) is 5.92 Å². The van der Waals surface area contributed by atoms with Gasteiger partial charge in [0.1, 0.15) is 0 Å². The van der Waals surface area contributed by atoms with Crippen molar-refractivity contribution in [2.24, 2.45) is 5.92 Å². The fourth-order valence-corrected chi connectivity index (χ4v) is 2.67. The molecule has 0 spiro atoms. The summed E-state index contributed by atoms with van der Waals surface area (Å²) in [4.78, 5) is 4.11. The van der Waals surface area contributed by atoms with Gasteiger partial charge in [0.05, 0.1) is 29.8 Å². The molecular weight excluding hydrogens is 303 g/mol. The summed E-state index contributed by atoms with van der Waals surface area (Å²) in [5.74, 6) is 0.450. The zero-order valence-corrected chi connectivity index (χ0v) is 10.3. The molecule has 2 aromatic rings. The van der Waals surface area contributed by atoms with E-state index in [1.807, 2.05) is 22.7 Å². The average molecular weight is 314 g/mol. The van der Waals surface area contributed by atoms with Gasteiger partial charge in [0.25, 0.3) is 0 Å². The second-order valence-electron chi connectivity index (χ2n) is 4.04. The van der Waals surface area contributed by atoms with Gasteiger partial charge in [-0.2, -0.15) is 0 Å². The van der Waals surface area contributed by atoms with Crippen LogP contribution in [0.4, 0.5) is 0 Å². The van der Waals surface area contributed by atoms with Crippen molar-refractivity contribution < 1.29 is 5.11 Å². The maximum Gasteiger partial charge on any atom is 0.0995 e. The smallest absolute Gasteiger partial charge is 0.0995 e. The van der Waals surface area contributed by atoms with E-state index >= 15 is 0 Å². The Morgan fingerprint density at radius 1 is 1.47 bits per heavy atom. The minimum absolute atomic E-state index is 0.338. The fourth-order valence-electron chi connectivity index (χ4n) is 1.91. The topological polar surface area (TPSA) is 37.5 Å². The molecule has 0 aromatic carbocycles. The quantitative estimate of drug-likeness (QED) is 0.864. The van der Waals surface area contributed by atoms with Crippen LogP contribution in [0.25, 0.3) is 5.52 Å². The highest BCUT2D eigenvalue weighted by atomic mass is 127. The van der Waals surface area contributed by atoms with Gasteiger partial charge >= 0.3 is 0 Å². The van der Waals surface area contributed by atoms with Gasteiger partial charge in [0, 0.05) is 3.57 Å². The van der Waals surface area contributed by atoms with E-state index in [-0.39, 0.29) is 6.10 Å². The number of imidazole rings is 1. The van der Waals surface area contributed by atoms with E-state index in [0.717, 1.165) is 27.6 Å². The van der Waals surface area contributed by atoms with E-state index in [2.05, 4.69) is 27.6 Å². The highest BCUT2D eigenvalue weighted by Gasteiger charge is 2.33. The van der Waals surface area contributed by atoms with Crippen molar-refractivity contribution in [3.8, 4) is 0 Å². The van der Waals surface area contributed by atoms with Crippen LogP contribution >= 0.6 is 22.6 Å². The first-order valence-corrected chi connectivity index (χ1v) is 6.14. The molecule has 2 heterocycles. The van der Waals surface area contributed by atoms with Crippen molar-refractivity contribution in [3.63, 3.8) is 0 Å². The molecule has 3 nitrogen and oxygen atoms in total. The number of halogens is 1. The average Bonchev–Trinajstić information content (AvgIpc) is 2.97. The van der Waals surface area contributed by atoms with Crippen molar-refractivity contribution in [1.29, 1.82) is 0 Å². The van der Waals surface area contributed by atoms with Crippen LogP contribution in [0.2, 0.25) is 0 Å². The number of fused-ring (bicyclic) bond motifs is 1. The summed E-state index contributed by atoms with van der Waals surface area (Å²) >= 11 is 2.27. The van der Waals surface area contributed by atoms with Crippen LogP contribution in [0.15, 0.2) is 24.7 Å². The molecule has 0 saturated heterocycles. The first-order chi connectivity index (χ1) is 7.27. The fraction of sp³-hybridized carbons (Fsp3) is 0.364. The highest BCUT2D eigenvalue weighted by molar-refractivity contribution is 14.1. The Morgan fingerprint density at radius 3 is 3.00 bits per heavy atom. The molecule has 0 aliphatic heterocycles. The van der Waals surface area contributed by atoms with Gasteiger partial charge in [-0.15, -0.1) is 0 Å². The summed E-state index contributed by atoms with van der Waals surface area (Å²) in [5, 5.41) is 10.2.